The van der Waals surface area contributed by atoms with Gasteiger partial charge in [0.1, 0.15) is 5.82 Å². The second kappa shape index (κ2) is 12.0. The number of amides is 2. The highest BCUT2D eigenvalue weighted by Gasteiger charge is 2.45. The Morgan fingerprint density at radius 2 is 1.74 bits per heavy atom. The molecule has 0 N–H and O–H groups in total. The lowest BCUT2D eigenvalue weighted by atomic mass is 9.56. The van der Waals surface area contributed by atoms with Crippen molar-refractivity contribution in [2.45, 2.75) is 91.6 Å². The Balaban J connectivity index is 0.000000196. The fraction of sp³-hybridized carbons (Fsp3) is 0.714. The molecule has 1 aromatic carbocycles. The summed E-state index contributed by atoms with van der Waals surface area (Å²) >= 11 is 0. The Hall–Kier alpha value is -2.11. The van der Waals surface area contributed by atoms with Gasteiger partial charge in [-0.2, -0.15) is 0 Å². The Bertz CT molecular complexity index is 819. The summed E-state index contributed by atoms with van der Waals surface area (Å²) in [6.07, 6.45) is 11.2. The zero-order chi connectivity index (χ0) is 24.7. The van der Waals surface area contributed by atoms with Crippen molar-refractivity contribution in [3.63, 3.8) is 0 Å². The normalized spacial score (nSPS) is 19.6. The first-order chi connectivity index (χ1) is 16.2. The van der Waals surface area contributed by atoms with Crippen molar-refractivity contribution in [1.82, 2.24) is 9.80 Å². The van der Waals surface area contributed by atoms with Crippen LogP contribution in [-0.4, -0.2) is 54.1 Å². The number of rotatable bonds is 5. The van der Waals surface area contributed by atoms with Crippen LogP contribution in [0.3, 0.4) is 0 Å². The van der Waals surface area contributed by atoms with Crippen molar-refractivity contribution >= 4 is 12.0 Å². The van der Waals surface area contributed by atoms with Gasteiger partial charge in [-0.15, -0.1) is 0 Å². The van der Waals surface area contributed by atoms with E-state index in [4.69, 9.17) is 4.74 Å². The number of likely N-dealkylation sites (tertiary alicyclic amines) is 2. The van der Waals surface area contributed by atoms with E-state index in [0.29, 0.717) is 5.41 Å². The molecule has 0 unspecified atom stereocenters. The van der Waals surface area contributed by atoms with E-state index in [2.05, 4.69) is 6.92 Å². The van der Waals surface area contributed by atoms with Crippen LogP contribution in [0.15, 0.2) is 18.2 Å². The minimum absolute atomic E-state index is 0.00878. The molecular formula is C28H43FN2O3. The van der Waals surface area contributed by atoms with Crippen LogP contribution in [0.5, 0.6) is 0 Å². The lowest BCUT2D eigenvalue weighted by Gasteiger charge is -2.52. The van der Waals surface area contributed by atoms with Gasteiger partial charge in [-0.1, -0.05) is 32.3 Å². The summed E-state index contributed by atoms with van der Waals surface area (Å²) in [6, 6.07) is 4.75. The average Bonchev–Trinajstić information content (AvgIpc) is 3.31. The van der Waals surface area contributed by atoms with Gasteiger partial charge in [0.25, 0.3) is 5.91 Å². The summed E-state index contributed by atoms with van der Waals surface area (Å²) in [5.74, 6) is 0.381. The van der Waals surface area contributed by atoms with E-state index in [-0.39, 0.29) is 23.7 Å². The number of carbonyl (C=O) groups excluding carboxylic acids is 2. The number of hydrogen-bond donors (Lipinski definition) is 0. The number of ether oxygens (including phenoxy) is 1. The van der Waals surface area contributed by atoms with Crippen LogP contribution in [-0.2, 0) is 4.74 Å². The third kappa shape index (κ3) is 6.96. The van der Waals surface area contributed by atoms with Crippen LogP contribution in [0.1, 0.15) is 94.5 Å². The molecule has 1 spiro atoms. The van der Waals surface area contributed by atoms with Crippen LogP contribution in [0.4, 0.5) is 9.18 Å². The predicted octanol–water partition coefficient (Wildman–Crippen LogP) is 6.58. The fourth-order valence-corrected chi connectivity index (χ4v) is 5.59. The minimum atomic E-state index is -0.410. The molecule has 5 nitrogen and oxygen atoms in total. The second-order valence-electron chi connectivity index (χ2n) is 10.8. The molecule has 2 heterocycles. The molecule has 0 aromatic heterocycles. The summed E-state index contributed by atoms with van der Waals surface area (Å²) in [6.45, 7) is 11.2. The zero-order valence-electron chi connectivity index (χ0n) is 21.6. The molecule has 0 atom stereocenters. The summed E-state index contributed by atoms with van der Waals surface area (Å²) in [4.78, 5) is 27.3. The van der Waals surface area contributed by atoms with Crippen LogP contribution in [0.2, 0.25) is 0 Å². The van der Waals surface area contributed by atoms with Crippen molar-refractivity contribution < 1.29 is 18.7 Å². The number of piperidine rings is 1. The number of unbranched alkanes of at least 4 members (excludes halogenated alkanes) is 1. The molecule has 0 bridgehead atoms. The Labute approximate surface area is 205 Å². The van der Waals surface area contributed by atoms with Gasteiger partial charge in [-0.05, 0) is 88.3 Å². The molecule has 1 aliphatic carbocycles. The maximum atomic E-state index is 13.5. The van der Waals surface area contributed by atoms with Crippen LogP contribution in [0.25, 0.3) is 0 Å². The first-order valence-electron chi connectivity index (χ1n) is 13.2. The third-order valence-electron chi connectivity index (χ3n) is 7.58. The first-order valence-corrected chi connectivity index (χ1v) is 13.2. The van der Waals surface area contributed by atoms with Gasteiger partial charge in [0, 0.05) is 26.2 Å². The summed E-state index contributed by atoms with van der Waals surface area (Å²) in [5.41, 5.74) is 1.61. The molecule has 2 aliphatic heterocycles. The van der Waals surface area contributed by atoms with Gasteiger partial charge < -0.3 is 14.5 Å². The molecule has 1 saturated carbocycles. The quantitative estimate of drug-likeness (QED) is 0.484. The smallest absolute Gasteiger partial charge is 0.410 e. The number of halogens is 1. The van der Waals surface area contributed by atoms with Crippen molar-refractivity contribution in [2.24, 2.45) is 11.3 Å². The van der Waals surface area contributed by atoms with Crippen molar-refractivity contribution in [3.8, 4) is 0 Å². The first kappa shape index (κ1) is 26.5. The summed E-state index contributed by atoms with van der Waals surface area (Å²) < 4.78 is 18.8. The number of aryl methyl sites for hydroxylation is 1. The van der Waals surface area contributed by atoms with Gasteiger partial charge in [0.15, 0.2) is 0 Å². The van der Waals surface area contributed by atoms with Gasteiger partial charge >= 0.3 is 6.09 Å². The van der Waals surface area contributed by atoms with Crippen LogP contribution < -0.4 is 0 Å². The molecular weight excluding hydrogens is 431 g/mol. The van der Waals surface area contributed by atoms with Gasteiger partial charge in [-0.3, -0.25) is 4.79 Å². The van der Waals surface area contributed by atoms with E-state index in [9.17, 15) is 14.0 Å². The second-order valence-corrected chi connectivity index (χ2v) is 10.8. The van der Waals surface area contributed by atoms with E-state index < -0.39 is 5.82 Å². The van der Waals surface area contributed by atoms with E-state index in [1.807, 2.05) is 25.7 Å². The molecule has 34 heavy (non-hydrogen) atoms. The Morgan fingerprint density at radius 1 is 1.09 bits per heavy atom. The third-order valence-corrected chi connectivity index (χ3v) is 7.58. The number of benzene rings is 1. The molecule has 3 fully saturated rings. The van der Waals surface area contributed by atoms with Crippen LogP contribution in [0, 0.1) is 24.1 Å². The average molecular weight is 475 g/mol. The lowest BCUT2D eigenvalue weighted by Crippen LogP contribution is -2.49. The summed E-state index contributed by atoms with van der Waals surface area (Å²) in [5, 5.41) is 0. The highest BCUT2D eigenvalue weighted by atomic mass is 19.1. The molecule has 6 heteroatoms. The zero-order valence-corrected chi connectivity index (χ0v) is 21.6. The maximum absolute atomic E-state index is 13.5. The molecule has 2 saturated heterocycles. The van der Waals surface area contributed by atoms with Gasteiger partial charge in [-0.25, -0.2) is 9.18 Å². The van der Waals surface area contributed by atoms with Crippen molar-refractivity contribution in [1.29, 1.82) is 0 Å². The largest absolute Gasteiger partial charge is 0.447 e. The fourth-order valence-electron chi connectivity index (χ4n) is 5.59. The molecule has 1 aromatic rings. The van der Waals surface area contributed by atoms with Crippen molar-refractivity contribution in [2.75, 3.05) is 26.2 Å². The number of nitrogens with zero attached hydrogens (tertiary/aromatic N) is 2. The Kier molecular flexibility index (Phi) is 9.38. The highest BCUT2D eigenvalue weighted by molar-refractivity contribution is 5.94. The topological polar surface area (TPSA) is 49.9 Å². The minimum Gasteiger partial charge on any atom is -0.447 e. The monoisotopic (exact) mass is 474 g/mol. The van der Waals surface area contributed by atoms with Gasteiger partial charge in [0.05, 0.1) is 11.7 Å². The van der Waals surface area contributed by atoms with E-state index >= 15 is 0 Å². The Morgan fingerprint density at radius 3 is 2.29 bits per heavy atom. The van der Waals surface area contributed by atoms with E-state index in [1.54, 1.807) is 17.0 Å². The predicted molar refractivity (Wildman–Crippen MR) is 133 cm³/mol. The summed E-state index contributed by atoms with van der Waals surface area (Å²) in [7, 11) is 0. The van der Waals surface area contributed by atoms with E-state index in [1.165, 1.54) is 51.0 Å². The standard InChI is InChI=1S/C16H29NO2.C12H14FNO/c1-4-5-6-14-11-16(12-14)7-9-17(10-8-16)15(18)19-13(2)3;1-9-4-5-10(11(13)8-9)12(15)14-6-2-3-7-14/h13-14H,4-12H2,1-3H3;4-5,8H,2-3,6-7H2,1H3. The number of carbonyl (C=O) groups is 2. The molecule has 190 valence electrons. The molecule has 2 amide bonds. The molecule has 4 rings (SSSR count). The van der Waals surface area contributed by atoms with Crippen LogP contribution >= 0.6 is 0 Å². The lowest BCUT2D eigenvalue weighted by molar-refractivity contribution is -0.0195. The van der Waals surface area contributed by atoms with Gasteiger partial charge in [0.2, 0.25) is 0 Å². The number of hydrogen-bond acceptors (Lipinski definition) is 3. The molecule has 0 radical (unpaired) electrons. The maximum Gasteiger partial charge on any atom is 0.410 e. The SMILES string of the molecule is CCCCC1CC2(CCN(C(=O)OC(C)C)CC2)C1.Cc1ccc(C(=O)N2CCCC2)c(F)c1. The molecule has 3 aliphatic rings. The highest BCUT2D eigenvalue weighted by Crippen LogP contribution is 2.54. The van der Waals surface area contributed by atoms with Crippen molar-refractivity contribution in [3.05, 3.63) is 35.1 Å². The van der Waals surface area contributed by atoms with E-state index in [0.717, 1.165) is 50.5 Å².